The molecule has 4 heteroatoms. The Morgan fingerprint density at radius 2 is 2.16 bits per heavy atom. The van der Waals surface area contributed by atoms with Crippen LogP contribution in [0.25, 0.3) is 0 Å². The smallest absolute Gasteiger partial charge is 0.227 e. The molecule has 1 aromatic carbocycles. The van der Waals surface area contributed by atoms with Crippen LogP contribution in [0.3, 0.4) is 0 Å². The molecule has 2 unspecified atom stereocenters. The number of carbonyl (C=O) groups excluding carboxylic acids is 1. The summed E-state index contributed by atoms with van der Waals surface area (Å²) in [6, 6.07) is 5.11. The second-order valence-corrected chi connectivity index (χ2v) is 5.38. The molecule has 1 aliphatic carbocycles. The molecule has 1 amide bonds. The summed E-state index contributed by atoms with van der Waals surface area (Å²) in [5.74, 6) is 0.621. The molecule has 0 aromatic heterocycles. The number of hydrogen-bond donors (Lipinski definition) is 3. The molecule has 1 aliphatic rings. The second kappa shape index (κ2) is 6.06. The SMILES string of the molecule is Cc1cc(NC(=O)C2CCCCC2CN)ccc1O. The Labute approximate surface area is 114 Å². The van der Waals surface area contributed by atoms with Gasteiger partial charge in [0.05, 0.1) is 0 Å². The highest BCUT2D eigenvalue weighted by atomic mass is 16.3. The molecule has 4 nitrogen and oxygen atoms in total. The molecule has 19 heavy (non-hydrogen) atoms. The third-order valence-corrected chi connectivity index (χ3v) is 4.01. The van der Waals surface area contributed by atoms with Crippen molar-refractivity contribution in [2.45, 2.75) is 32.6 Å². The molecule has 0 saturated heterocycles. The lowest BCUT2D eigenvalue weighted by Gasteiger charge is -2.29. The van der Waals surface area contributed by atoms with Gasteiger partial charge in [-0.05, 0) is 56.0 Å². The minimum Gasteiger partial charge on any atom is -0.508 e. The fraction of sp³-hybridized carbons (Fsp3) is 0.533. The van der Waals surface area contributed by atoms with Gasteiger partial charge in [0.15, 0.2) is 0 Å². The van der Waals surface area contributed by atoms with Crippen molar-refractivity contribution < 1.29 is 9.90 Å². The average Bonchev–Trinajstić information content (AvgIpc) is 2.43. The molecular weight excluding hydrogens is 240 g/mol. The van der Waals surface area contributed by atoms with Crippen molar-refractivity contribution in [1.82, 2.24) is 0 Å². The summed E-state index contributed by atoms with van der Waals surface area (Å²) < 4.78 is 0. The second-order valence-electron chi connectivity index (χ2n) is 5.38. The van der Waals surface area contributed by atoms with Crippen LogP contribution in [-0.2, 0) is 4.79 Å². The van der Waals surface area contributed by atoms with Crippen LogP contribution in [0.5, 0.6) is 5.75 Å². The summed E-state index contributed by atoms with van der Waals surface area (Å²) in [6.45, 7) is 2.39. The van der Waals surface area contributed by atoms with Crippen LogP contribution in [-0.4, -0.2) is 17.6 Å². The summed E-state index contributed by atoms with van der Waals surface area (Å²) in [7, 11) is 0. The van der Waals surface area contributed by atoms with E-state index < -0.39 is 0 Å². The molecular formula is C15H22N2O2. The monoisotopic (exact) mass is 262 g/mol. The van der Waals surface area contributed by atoms with Crippen LogP contribution < -0.4 is 11.1 Å². The molecule has 1 aromatic rings. The number of aryl methyl sites for hydroxylation is 1. The lowest BCUT2D eigenvalue weighted by atomic mass is 9.78. The normalized spacial score (nSPS) is 23.1. The Hall–Kier alpha value is -1.55. The summed E-state index contributed by atoms with van der Waals surface area (Å²) in [6.07, 6.45) is 4.24. The number of nitrogens with one attached hydrogen (secondary N) is 1. The number of anilines is 1. The lowest BCUT2D eigenvalue weighted by molar-refractivity contribution is -0.122. The standard InChI is InChI=1S/C15H22N2O2/c1-10-8-12(6-7-14(10)18)17-15(19)13-5-3-2-4-11(13)9-16/h6-8,11,13,18H,2-5,9,16H2,1H3,(H,17,19). The van der Waals surface area contributed by atoms with Gasteiger partial charge in [-0.15, -0.1) is 0 Å². The number of phenolic OH excluding ortho intramolecular Hbond substituents is 1. The van der Waals surface area contributed by atoms with Crippen molar-refractivity contribution in [3.05, 3.63) is 23.8 Å². The predicted molar refractivity (Wildman–Crippen MR) is 76.0 cm³/mol. The first-order valence-corrected chi connectivity index (χ1v) is 6.92. The van der Waals surface area contributed by atoms with Crippen molar-refractivity contribution >= 4 is 11.6 Å². The van der Waals surface area contributed by atoms with E-state index in [9.17, 15) is 9.90 Å². The van der Waals surface area contributed by atoms with Gasteiger partial charge in [-0.3, -0.25) is 4.79 Å². The maximum atomic E-state index is 12.3. The van der Waals surface area contributed by atoms with Gasteiger partial charge >= 0.3 is 0 Å². The van der Waals surface area contributed by atoms with E-state index in [4.69, 9.17) is 5.73 Å². The maximum absolute atomic E-state index is 12.3. The summed E-state index contributed by atoms with van der Waals surface area (Å²) >= 11 is 0. The van der Waals surface area contributed by atoms with Gasteiger partial charge in [0.1, 0.15) is 5.75 Å². The van der Waals surface area contributed by atoms with Crippen molar-refractivity contribution in [1.29, 1.82) is 0 Å². The number of aromatic hydroxyl groups is 1. The first-order valence-electron chi connectivity index (χ1n) is 6.92. The molecule has 104 valence electrons. The van der Waals surface area contributed by atoms with Crippen LogP contribution in [0.15, 0.2) is 18.2 Å². The van der Waals surface area contributed by atoms with Crippen molar-refractivity contribution in [3.63, 3.8) is 0 Å². The Bertz CT molecular complexity index is 459. The van der Waals surface area contributed by atoms with E-state index in [0.717, 1.165) is 30.5 Å². The highest BCUT2D eigenvalue weighted by molar-refractivity contribution is 5.93. The van der Waals surface area contributed by atoms with Crippen molar-refractivity contribution in [2.75, 3.05) is 11.9 Å². The minimum absolute atomic E-state index is 0.0212. The van der Waals surface area contributed by atoms with E-state index in [0.29, 0.717) is 12.5 Å². The Kier molecular flexibility index (Phi) is 4.43. The zero-order valence-electron chi connectivity index (χ0n) is 11.4. The number of rotatable bonds is 3. The van der Waals surface area contributed by atoms with Gasteiger partial charge < -0.3 is 16.2 Å². The summed E-state index contributed by atoms with van der Waals surface area (Å²) in [5, 5.41) is 12.4. The minimum atomic E-state index is 0.0212. The van der Waals surface area contributed by atoms with Crippen LogP contribution in [0.1, 0.15) is 31.2 Å². The van der Waals surface area contributed by atoms with Gasteiger partial charge in [-0.2, -0.15) is 0 Å². The Balaban J connectivity index is 2.05. The Morgan fingerprint density at radius 1 is 1.42 bits per heavy atom. The zero-order chi connectivity index (χ0) is 13.8. The molecule has 0 aliphatic heterocycles. The van der Waals surface area contributed by atoms with E-state index in [1.165, 1.54) is 6.42 Å². The van der Waals surface area contributed by atoms with Crippen LogP contribution in [0.2, 0.25) is 0 Å². The van der Waals surface area contributed by atoms with Gasteiger partial charge in [0, 0.05) is 11.6 Å². The van der Waals surface area contributed by atoms with Gasteiger partial charge in [-0.1, -0.05) is 12.8 Å². The number of amides is 1. The molecule has 0 spiro atoms. The van der Waals surface area contributed by atoms with Crippen molar-refractivity contribution in [3.8, 4) is 5.75 Å². The average molecular weight is 262 g/mol. The third kappa shape index (κ3) is 3.26. The molecule has 2 atom stereocenters. The number of phenols is 1. The number of carbonyl (C=O) groups is 1. The van der Waals surface area contributed by atoms with E-state index in [2.05, 4.69) is 5.32 Å². The van der Waals surface area contributed by atoms with Crippen molar-refractivity contribution in [2.24, 2.45) is 17.6 Å². The first kappa shape index (κ1) is 13.9. The highest BCUT2D eigenvalue weighted by Crippen LogP contribution is 2.30. The molecule has 0 radical (unpaired) electrons. The van der Waals surface area contributed by atoms with Crippen LogP contribution in [0.4, 0.5) is 5.69 Å². The molecule has 2 rings (SSSR count). The molecule has 0 bridgehead atoms. The van der Waals surface area contributed by atoms with E-state index in [1.54, 1.807) is 18.2 Å². The highest BCUT2D eigenvalue weighted by Gasteiger charge is 2.29. The Morgan fingerprint density at radius 3 is 2.84 bits per heavy atom. The summed E-state index contributed by atoms with van der Waals surface area (Å²) in [4.78, 5) is 12.3. The fourth-order valence-electron chi connectivity index (χ4n) is 2.80. The first-order chi connectivity index (χ1) is 9.11. The summed E-state index contributed by atoms with van der Waals surface area (Å²) in [5.41, 5.74) is 7.25. The number of benzene rings is 1. The quantitative estimate of drug-likeness (QED) is 0.732. The number of hydrogen-bond acceptors (Lipinski definition) is 3. The van der Waals surface area contributed by atoms with E-state index in [1.807, 2.05) is 6.92 Å². The molecule has 1 fully saturated rings. The predicted octanol–water partition coefficient (Wildman–Crippen LogP) is 2.40. The molecule has 4 N–H and O–H groups in total. The van der Waals surface area contributed by atoms with Gasteiger partial charge in [0.2, 0.25) is 5.91 Å². The largest absolute Gasteiger partial charge is 0.508 e. The third-order valence-electron chi connectivity index (χ3n) is 4.01. The molecule has 0 heterocycles. The topological polar surface area (TPSA) is 75.4 Å². The van der Waals surface area contributed by atoms with Gasteiger partial charge in [0.25, 0.3) is 0 Å². The molecule has 1 saturated carbocycles. The van der Waals surface area contributed by atoms with Gasteiger partial charge in [-0.25, -0.2) is 0 Å². The maximum Gasteiger partial charge on any atom is 0.227 e. The fourth-order valence-corrected chi connectivity index (χ4v) is 2.80. The van der Waals surface area contributed by atoms with Crippen LogP contribution in [0, 0.1) is 18.8 Å². The van der Waals surface area contributed by atoms with Crippen LogP contribution >= 0.6 is 0 Å². The van der Waals surface area contributed by atoms with E-state index in [-0.39, 0.29) is 17.6 Å². The zero-order valence-corrected chi connectivity index (χ0v) is 11.4. The lowest BCUT2D eigenvalue weighted by Crippen LogP contribution is -2.35. The van der Waals surface area contributed by atoms with E-state index >= 15 is 0 Å². The number of nitrogens with two attached hydrogens (primary N) is 1.